The maximum absolute atomic E-state index is 13.2. The van der Waals surface area contributed by atoms with Gasteiger partial charge in [-0.15, -0.1) is 5.10 Å². The summed E-state index contributed by atoms with van der Waals surface area (Å²) in [5.74, 6) is 0.598. The fourth-order valence-electron chi connectivity index (χ4n) is 3.14. The van der Waals surface area contributed by atoms with Crippen LogP contribution in [-0.2, 0) is 13.1 Å². The van der Waals surface area contributed by atoms with E-state index in [1.807, 2.05) is 28.8 Å². The summed E-state index contributed by atoms with van der Waals surface area (Å²) < 4.78 is 8.98. The van der Waals surface area contributed by atoms with Crippen LogP contribution in [0.3, 0.4) is 0 Å². The maximum Gasteiger partial charge on any atom is 0.259 e. The molecule has 3 rings (SSSR count). The number of para-hydroxylation sites is 1. The van der Waals surface area contributed by atoms with Crippen molar-refractivity contribution >= 4 is 10.9 Å². The number of ether oxygens (including phenoxy) is 1. The van der Waals surface area contributed by atoms with Gasteiger partial charge in [0.15, 0.2) is 0 Å². The third kappa shape index (κ3) is 3.55. The Balaban J connectivity index is 2.10. The highest BCUT2D eigenvalue weighted by molar-refractivity contribution is 5.86. The first kappa shape index (κ1) is 17.1. The number of rotatable bonds is 8. The van der Waals surface area contributed by atoms with Gasteiger partial charge in [-0.05, 0) is 29.0 Å². The van der Waals surface area contributed by atoms with E-state index in [1.165, 1.54) is 23.9 Å². The topological polar surface area (TPSA) is 74.8 Å². The van der Waals surface area contributed by atoms with Crippen molar-refractivity contribution in [3.05, 3.63) is 46.5 Å². The van der Waals surface area contributed by atoms with Crippen molar-refractivity contribution in [2.45, 2.75) is 45.7 Å². The van der Waals surface area contributed by atoms with E-state index in [2.05, 4.69) is 22.4 Å². The molecule has 7 nitrogen and oxygen atoms in total. The quantitative estimate of drug-likeness (QED) is 0.589. The first-order chi connectivity index (χ1) is 12.3. The van der Waals surface area contributed by atoms with Gasteiger partial charge >= 0.3 is 0 Å². The van der Waals surface area contributed by atoms with Gasteiger partial charge in [-0.1, -0.05) is 38.3 Å². The van der Waals surface area contributed by atoms with Gasteiger partial charge in [0, 0.05) is 11.9 Å². The van der Waals surface area contributed by atoms with Crippen LogP contribution in [0.15, 0.2) is 35.4 Å². The Morgan fingerprint density at radius 1 is 1.16 bits per heavy atom. The lowest BCUT2D eigenvalue weighted by Gasteiger charge is -2.17. The molecule has 0 N–H and O–H groups in total. The van der Waals surface area contributed by atoms with Crippen LogP contribution >= 0.6 is 0 Å². The van der Waals surface area contributed by atoms with Crippen LogP contribution in [0.2, 0.25) is 0 Å². The predicted molar refractivity (Wildman–Crippen MR) is 95.8 cm³/mol. The molecule has 25 heavy (non-hydrogen) atoms. The minimum absolute atomic E-state index is 0.0393. The van der Waals surface area contributed by atoms with Crippen molar-refractivity contribution in [2.24, 2.45) is 0 Å². The molecule has 2 heterocycles. The molecule has 0 amide bonds. The number of aryl methyl sites for hydroxylation is 1. The van der Waals surface area contributed by atoms with E-state index in [4.69, 9.17) is 4.74 Å². The summed E-state index contributed by atoms with van der Waals surface area (Å²) in [6, 6.07) is 7.86. The van der Waals surface area contributed by atoms with Crippen LogP contribution < -0.4 is 10.3 Å². The number of hydrogen-bond acceptors (Lipinski definition) is 5. The van der Waals surface area contributed by atoms with E-state index in [0.29, 0.717) is 17.9 Å². The van der Waals surface area contributed by atoms with Gasteiger partial charge in [0.1, 0.15) is 12.1 Å². The number of unbranched alkanes of at least 4 members (excludes halogenated alkanes) is 3. The number of methoxy groups -OCH3 is 1. The number of pyridine rings is 1. The molecule has 0 radical (unpaired) electrons. The highest BCUT2D eigenvalue weighted by atomic mass is 16.5. The first-order valence-corrected chi connectivity index (χ1v) is 8.65. The maximum atomic E-state index is 13.2. The minimum atomic E-state index is -0.0393. The number of hydrogen-bond donors (Lipinski definition) is 0. The zero-order valence-electron chi connectivity index (χ0n) is 14.7. The largest absolute Gasteiger partial charge is 0.495 e. The molecule has 3 aromatic rings. The second kappa shape index (κ2) is 7.92. The van der Waals surface area contributed by atoms with Crippen molar-refractivity contribution in [2.75, 3.05) is 7.11 Å². The lowest BCUT2D eigenvalue weighted by molar-refractivity contribution is 0.409. The second-order valence-corrected chi connectivity index (χ2v) is 6.05. The smallest absolute Gasteiger partial charge is 0.259 e. The van der Waals surface area contributed by atoms with E-state index < -0.39 is 0 Å². The van der Waals surface area contributed by atoms with Crippen molar-refractivity contribution in [1.29, 1.82) is 0 Å². The van der Waals surface area contributed by atoms with Crippen molar-refractivity contribution in [3.8, 4) is 5.75 Å². The van der Waals surface area contributed by atoms with E-state index in [-0.39, 0.29) is 12.1 Å². The lowest BCUT2D eigenvalue weighted by atomic mass is 10.1. The molecule has 0 saturated carbocycles. The molecule has 7 heteroatoms. The van der Waals surface area contributed by atoms with E-state index >= 15 is 0 Å². The molecule has 2 aromatic heterocycles. The van der Waals surface area contributed by atoms with E-state index in [9.17, 15) is 4.79 Å². The van der Waals surface area contributed by atoms with E-state index in [1.54, 1.807) is 7.11 Å². The first-order valence-electron chi connectivity index (χ1n) is 8.65. The van der Waals surface area contributed by atoms with Crippen LogP contribution in [0.25, 0.3) is 10.9 Å². The molecular formula is C18H23N5O2. The summed E-state index contributed by atoms with van der Waals surface area (Å²) in [5.41, 5.74) is 1.44. The third-order valence-corrected chi connectivity index (χ3v) is 4.37. The van der Waals surface area contributed by atoms with Crippen molar-refractivity contribution in [1.82, 2.24) is 24.8 Å². The van der Waals surface area contributed by atoms with Crippen LogP contribution in [0.5, 0.6) is 5.75 Å². The Kier molecular flexibility index (Phi) is 5.42. The Morgan fingerprint density at radius 2 is 2.00 bits per heavy atom. The zero-order chi connectivity index (χ0) is 17.6. The van der Waals surface area contributed by atoms with Gasteiger partial charge in [-0.25, -0.2) is 4.68 Å². The normalized spacial score (nSPS) is 11.1. The fourth-order valence-corrected chi connectivity index (χ4v) is 3.14. The van der Waals surface area contributed by atoms with Crippen LogP contribution in [-0.4, -0.2) is 31.9 Å². The molecule has 0 spiro atoms. The summed E-state index contributed by atoms with van der Waals surface area (Å²) in [6.07, 6.45) is 5.95. The fraction of sp³-hybridized carbons (Fsp3) is 0.444. The number of aromatic nitrogens is 5. The number of nitrogens with zero attached hydrogens (tertiary/aromatic N) is 5. The van der Waals surface area contributed by atoms with Crippen LogP contribution in [0.1, 0.15) is 38.2 Å². The van der Waals surface area contributed by atoms with Gasteiger partial charge in [-0.2, -0.15) is 0 Å². The number of fused-ring (bicyclic) bond motifs is 1. The van der Waals surface area contributed by atoms with Gasteiger partial charge in [0.2, 0.25) is 0 Å². The third-order valence-electron chi connectivity index (χ3n) is 4.37. The summed E-state index contributed by atoms with van der Waals surface area (Å²) in [4.78, 5) is 13.2. The van der Waals surface area contributed by atoms with Gasteiger partial charge in [-0.3, -0.25) is 4.79 Å². The van der Waals surface area contributed by atoms with Gasteiger partial charge in [0.25, 0.3) is 5.56 Å². The molecule has 0 unspecified atom stereocenters. The van der Waals surface area contributed by atoms with Crippen LogP contribution in [0, 0.1) is 0 Å². The molecule has 0 aliphatic rings. The standard InChI is InChI=1S/C18H23N5O2/c1-3-4-5-8-11-23-16-10-7-6-9-14(16)17(25-2)15(18(23)24)12-22-13-19-20-21-22/h6-7,9-10,13H,3-5,8,11-12H2,1-2H3. The molecule has 1 aromatic carbocycles. The average molecular weight is 341 g/mol. The highest BCUT2D eigenvalue weighted by Gasteiger charge is 2.18. The summed E-state index contributed by atoms with van der Waals surface area (Å²) >= 11 is 0. The molecule has 132 valence electrons. The molecule has 0 fully saturated rings. The summed E-state index contributed by atoms with van der Waals surface area (Å²) in [5, 5.41) is 12.1. The lowest BCUT2D eigenvalue weighted by Crippen LogP contribution is -2.27. The monoisotopic (exact) mass is 341 g/mol. The number of tetrazole rings is 1. The predicted octanol–water partition coefficient (Wildman–Crippen LogP) is 2.63. The van der Waals surface area contributed by atoms with E-state index in [0.717, 1.165) is 23.7 Å². The van der Waals surface area contributed by atoms with Gasteiger partial charge < -0.3 is 9.30 Å². The Hall–Kier alpha value is -2.70. The molecular weight excluding hydrogens is 318 g/mol. The van der Waals surface area contributed by atoms with Crippen LogP contribution in [0.4, 0.5) is 0 Å². The van der Waals surface area contributed by atoms with Crippen molar-refractivity contribution in [3.63, 3.8) is 0 Å². The molecule has 0 aliphatic heterocycles. The Labute approximate surface area is 146 Å². The Bertz CT molecular complexity index is 886. The minimum Gasteiger partial charge on any atom is -0.495 e. The molecule has 0 atom stereocenters. The molecule has 0 bridgehead atoms. The zero-order valence-corrected chi connectivity index (χ0v) is 14.7. The highest BCUT2D eigenvalue weighted by Crippen LogP contribution is 2.28. The number of benzene rings is 1. The molecule has 0 aliphatic carbocycles. The second-order valence-electron chi connectivity index (χ2n) is 6.05. The average Bonchev–Trinajstić information content (AvgIpc) is 3.14. The Morgan fingerprint density at radius 3 is 2.72 bits per heavy atom. The SMILES string of the molecule is CCCCCCn1c(=O)c(Cn2cnnn2)c(OC)c2ccccc21. The summed E-state index contributed by atoms with van der Waals surface area (Å²) in [7, 11) is 1.59. The van der Waals surface area contributed by atoms with Gasteiger partial charge in [0.05, 0.1) is 24.7 Å². The summed E-state index contributed by atoms with van der Waals surface area (Å²) in [6.45, 7) is 3.17. The van der Waals surface area contributed by atoms with Crippen molar-refractivity contribution < 1.29 is 4.74 Å². The molecule has 0 saturated heterocycles.